The monoisotopic (exact) mass is 451 g/mol. The standard InChI is InChI=1S/C25H29N3O5/c1-4-30-19-9-8-16(12-20(19)31-5-2)22-18(13-26)24(27)33-21-11-15(3)28(25(29)23(21)22)14-17-7-6-10-32-17/h8-9,11-12,17,22H,4-7,10,14,27H2,1-3H3/t17-,22-/m0/s1. The number of aromatic nitrogens is 1. The van der Waals surface area contributed by atoms with Crippen molar-refractivity contribution in [3.63, 3.8) is 0 Å². The van der Waals surface area contributed by atoms with E-state index in [-0.39, 0.29) is 23.1 Å². The fourth-order valence-electron chi connectivity index (χ4n) is 4.49. The molecule has 0 bridgehead atoms. The van der Waals surface area contributed by atoms with Crippen molar-refractivity contribution in [3.05, 3.63) is 62.9 Å². The minimum absolute atomic E-state index is 0.00230. The summed E-state index contributed by atoms with van der Waals surface area (Å²) < 4.78 is 24.7. The molecule has 2 atom stereocenters. The summed E-state index contributed by atoms with van der Waals surface area (Å²) in [7, 11) is 0. The van der Waals surface area contributed by atoms with Gasteiger partial charge in [0.05, 0.1) is 37.3 Å². The number of allylic oxidation sites excluding steroid dienone is 1. The van der Waals surface area contributed by atoms with Crippen LogP contribution in [0.15, 0.2) is 40.5 Å². The highest BCUT2D eigenvalue weighted by Crippen LogP contribution is 2.43. The van der Waals surface area contributed by atoms with Crippen LogP contribution in [0.3, 0.4) is 0 Å². The highest BCUT2D eigenvalue weighted by molar-refractivity contribution is 5.57. The second-order valence-corrected chi connectivity index (χ2v) is 8.11. The van der Waals surface area contributed by atoms with E-state index in [4.69, 9.17) is 24.7 Å². The molecule has 3 heterocycles. The maximum absolute atomic E-state index is 13.8. The first kappa shape index (κ1) is 22.7. The van der Waals surface area contributed by atoms with Crippen LogP contribution < -0.4 is 25.5 Å². The Morgan fingerprint density at radius 3 is 2.64 bits per heavy atom. The number of nitrogens with two attached hydrogens (primary N) is 1. The zero-order chi connectivity index (χ0) is 23.5. The Bertz CT molecular complexity index is 1170. The van der Waals surface area contributed by atoms with Crippen LogP contribution >= 0.6 is 0 Å². The Hall–Kier alpha value is -3.44. The average molecular weight is 452 g/mol. The van der Waals surface area contributed by atoms with Crippen molar-refractivity contribution >= 4 is 0 Å². The summed E-state index contributed by atoms with van der Waals surface area (Å²) in [5.74, 6) is 0.836. The lowest BCUT2D eigenvalue weighted by molar-refractivity contribution is 0.0955. The molecule has 0 amide bonds. The van der Waals surface area contributed by atoms with E-state index in [2.05, 4.69) is 6.07 Å². The predicted molar refractivity (Wildman–Crippen MR) is 122 cm³/mol. The number of hydrogen-bond acceptors (Lipinski definition) is 7. The summed E-state index contributed by atoms with van der Waals surface area (Å²) in [4.78, 5) is 13.8. The summed E-state index contributed by atoms with van der Waals surface area (Å²) in [6.45, 7) is 7.75. The van der Waals surface area contributed by atoms with Gasteiger partial charge in [0.2, 0.25) is 5.88 Å². The lowest BCUT2D eigenvalue weighted by atomic mass is 9.83. The molecule has 2 aliphatic heterocycles. The fraction of sp³-hybridized carbons (Fsp3) is 0.440. The van der Waals surface area contributed by atoms with Gasteiger partial charge < -0.3 is 29.2 Å². The molecule has 0 unspecified atom stereocenters. The van der Waals surface area contributed by atoms with Crippen LogP contribution in [-0.4, -0.2) is 30.5 Å². The van der Waals surface area contributed by atoms with Crippen molar-refractivity contribution < 1.29 is 18.9 Å². The number of pyridine rings is 1. The molecule has 174 valence electrons. The Kier molecular flexibility index (Phi) is 6.61. The summed E-state index contributed by atoms with van der Waals surface area (Å²) >= 11 is 0. The predicted octanol–water partition coefficient (Wildman–Crippen LogP) is 3.35. The van der Waals surface area contributed by atoms with Crippen molar-refractivity contribution in [2.75, 3.05) is 19.8 Å². The van der Waals surface area contributed by atoms with E-state index >= 15 is 0 Å². The number of hydrogen-bond donors (Lipinski definition) is 1. The topological polar surface area (TPSA) is 109 Å². The first-order valence-corrected chi connectivity index (χ1v) is 11.3. The molecular weight excluding hydrogens is 422 g/mol. The smallest absolute Gasteiger partial charge is 0.258 e. The summed E-state index contributed by atoms with van der Waals surface area (Å²) in [5, 5.41) is 9.92. The van der Waals surface area contributed by atoms with Crippen LogP contribution in [0, 0.1) is 18.3 Å². The number of nitriles is 1. The Morgan fingerprint density at radius 1 is 1.21 bits per heavy atom. The van der Waals surface area contributed by atoms with Crippen LogP contribution in [0.4, 0.5) is 0 Å². The largest absolute Gasteiger partial charge is 0.490 e. The lowest BCUT2D eigenvalue weighted by Crippen LogP contribution is -2.35. The van der Waals surface area contributed by atoms with Crippen molar-refractivity contribution in [1.29, 1.82) is 5.26 Å². The molecule has 0 radical (unpaired) electrons. The molecule has 2 aliphatic rings. The molecular formula is C25H29N3O5. The maximum Gasteiger partial charge on any atom is 0.258 e. The number of fused-ring (bicyclic) bond motifs is 1. The molecule has 0 spiro atoms. The number of ether oxygens (including phenoxy) is 4. The van der Waals surface area contributed by atoms with E-state index in [0.717, 1.165) is 18.5 Å². The summed E-state index contributed by atoms with van der Waals surface area (Å²) in [6, 6.07) is 9.39. The molecule has 2 N–H and O–H groups in total. The number of aryl methyl sites for hydroxylation is 1. The zero-order valence-electron chi connectivity index (χ0n) is 19.2. The SMILES string of the molecule is CCOc1ccc([C@H]2C(C#N)=C(N)Oc3cc(C)n(C[C@@H]4CCCO4)c(=O)c32)cc1OCC. The van der Waals surface area contributed by atoms with Gasteiger partial charge >= 0.3 is 0 Å². The first-order chi connectivity index (χ1) is 16.0. The van der Waals surface area contributed by atoms with Crippen LogP contribution in [0.5, 0.6) is 17.2 Å². The quantitative estimate of drug-likeness (QED) is 0.688. The van der Waals surface area contributed by atoms with E-state index in [1.165, 1.54) is 0 Å². The van der Waals surface area contributed by atoms with Crippen molar-refractivity contribution in [2.45, 2.75) is 52.2 Å². The van der Waals surface area contributed by atoms with Gasteiger partial charge in [-0.25, -0.2) is 0 Å². The van der Waals surface area contributed by atoms with Gasteiger partial charge in [0.25, 0.3) is 5.56 Å². The van der Waals surface area contributed by atoms with Gasteiger partial charge in [-0.15, -0.1) is 0 Å². The third-order valence-corrected chi connectivity index (χ3v) is 6.00. The Labute approximate surface area is 193 Å². The van der Waals surface area contributed by atoms with Gasteiger partial charge in [-0.05, 0) is 51.3 Å². The molecule has 0 aliphatic carbocycles. The van der Waals surface area contributed by atoms with Crippen LogP contribution in [0.25, 0.3) is 0 Å². The van der Waals surface area contributed by atoms with Gasteiger partial charge in [-0.1, -0.05) is 6.07 Å². The summed E-state index contributed by atoms with van der Waals surface area (Å²) in [6.07, 6.45) is 1.89. The van der Waals surface area contributed by atoms with Crippen LogP contribution in [-0.2, 0) is 11.3 Å². The van der Waals surface area contributed by atoms with E-state index in [0.29, 0.717) is 54.7 Å². The molecule has 1 saturated heterocycles. The van der Waals surface area contributed by atoms with E-state index in [9.17, 15) is 10.1 Å². The van der Waals surface area contributed by atoms with E-state index in [1.807, 2.05) is 32.9 Å². The van der Waals surface area contributed by atoms with Gasteiger partial charge in [-0.3, -0.25) is 4.79 Å². The Balaban J connectivity index is 1.87. The van der Waals surface area contributed by atoms with Crippen molar-refractivity contribution in [1.82, 2.24) is 4.57 Å². The molecule has 33 heavy (non-hydrogen) atoms. The number of nitrogens with zero attached hydrogens (tertiary/aromatic N) is 2. The highest BCUT2D eigenvalue weighted by atomic mass is 16.5. The molecule has 8 nitrogen and oxygen atoms in total. The van der Waals surface area contributed by atoms with Gasteiger partial charge in [0, 0.05) is 18.4 Å². The van der Waals surface area contributed by atoms with Crippen molar-refractivity contribution in [2.24, 2.45) is 5.73 Å². The second kappa shape index (κ2) is 9.59. The maximum atomic E-state index is 13.8. The lowest BCUT2D eigenvalue weighted by Gasteiger charge is -2.28. The second-order valence-electron chi connectivity index (χ2n) is 8.11. The average Bonchev–Trinajstić information content (AvgIpc) is 3.30. The van der Waals surface area contributed by atoms with E-state index in [1.54, 1.807) is 16.7 Å². The molecule has 8 heteroatoms. The minimum Gasteiger partial charge on any atom is -0.490 e. The third kappa shape index (κ3) is 4.29. The number of rotatable bonds is 7. The van der Waals surface area contributed by atoms with Crippen LogP contribution in [0.1, 0.15) is 49.4 Å². The molecule has 0 saturated carbocycles. The zero-order valence-corrected chi connectivity index (χ0v) is 19.2. The highest BCUT2D eigenvalue weighted by Gasteiger charge is 2.35. The van der Waals surface area contributed by atoms with Gasteiger partial charge in [-0.2, -0.15) is 5.26 Å². The molecule has 4 rings (SSSR count). The third-order valence-electron chi connectivity index (χ3n) is 6.00. The molecule has 2 aromatic rings. The fourth-order valence-corrected chi connectivity index (χ4v) is 4.49. The molecule has 1 aromatic carbocycles. The minimum atomic E-state index is -0.683. The van der Waals surface area contributed by atoms with Crippen molar-refractivity contribution in [3.8, 4) is 23.3 Å². The van der Waals surface area contributed by atoms with Gasteiger partial charge in [0.15, 0.2) is 11.5 Å². The molecule has 1 fully saturated rings. The van der Waals surface area contributed by atoms with E-state index < -0.39 is 5.92 Å². The Morgan fingerprint density at radius 2 is 1.97 bits per heavy atom. The molecule has 1 aromatic heterocycles. The summed E-state index contributed by atoms with van der Waals surface area (Å²) in [5.41, 5.74) is 7.95. The van der Waals surface area contributed by atoms with Gasteiger partial charge in [0.1, 0.15) is 17.4 Å². The van der Waals surface area contributed by atoms with Crippen LogP contribution in [0.2, 0.25) is 0 Å². The first-order valence-electron chi connectivity index (χ1n) is 11.3. The number of benzene rings is 1. The normalized spacial score (nSPS) is 19.6.